The van der Waals surface area contributed by atoms with Gasteiger partial charge in [0.05, 0.1) is 6.20 Å². The van der Waals surface area contributed by atoms with Crippen LogP contribution in [0.25, 0.3) is 22.6 Å². The Labute approximate surface area is 109 Å². The summed E-state index contributed by atoms with van der Waals surface area (Å²) in [6, 6.07) is 9.10. The Morgan fingerprint density at radius 1 is 1.21 bits per heavy atom. The van der Waals surface area contributed by atoms with E-state index in [-0.39, 0.29) is 5.91 Å². The molecule has 1 N–H and O–H groups in total. The summed E-state index contributed by atoms with van der Waals surface area (Å²) in [7, 11) is 0. The predicted molar refractivity (Wildman–Crippen MR) is 71.5 cm³/mol. The molecular weight excluding hydrogens is 242 g/mol. The number of nitrogens with one attached hydrogen (secondary N) is 1. The van der Waals surface area contributed by atoms with Gasteiger partial charge in [-0.25, -0.2) is 4.98 Å². The first-order valence-corrected chi connectivity index (χ1v) is 5.81. The van der Waals surface area contributed by atoms with E-state index in [2.05, 4.69) is 15.3 Å². The van der Waals surface area contributed by atoms with E-state index in [4.69, 9.17) is 4.42 Å². The zero-order valence-corrected chi connectivity index (χ0v) is 10.3. The number of oxazole rings is 1. The molecule has 0 spiro atoms. The first-order valence-electron chi connectivity index (χ1n) is 5.81. The van der Waals surface area contributed by atoms with Crippen LogP contribution >= 0.6 is 0 Å². The molecule has 5 nitrogen and oxygen atoms in total. The highest BCUT2D eigenvalue weighted by Crippen LogP contribution is 2.24. The molecule has 0 aliphatic heterocycles. The van der Waals surface area contributed by atoms with Crippen LogP contribution in [0.15, 0.2) is 47.1 Å². The summed E-state index contributed by atoms with van der Waals surface area (Å²) in [5, 5.41) is 2.71. The molecule has 5 heteroatoms. The first-order chi connectivity index (χ1) is 9.22. The zero-order valence-electron chi connectivity index (χ0n) is 10.3. The minimum atomic E-state index is -0.0966. The number of hydrogen-bond donors (Lipinski definition) is 1. The Morgan fingerprint density at radius 2 is 2.00 bits per heavy atom. The van der Waals surface area contributed by atoms with Gasteiger partial charge in [0.2, 0.25) is 11.8 Å². The number of aromatic nitrogens is 2. The summed E-state index contributed by atoms with van der Waals surface area (Å²) in [5.41, 5.74) is 3.03. The van der Waals surface area contributed by atoms with Crippen LogP contribution in [0.3, 0.4) is 0 Å². The zero-order chi connectivity index (χ0) is 13.2. The lowest BCUT2D eigenvalue weighted by atomic mass is 10.2. The molecule has 0 atom stereocenters. The Bertz CT molecular complexity index is 699. The standard InChI is InChI=1S/C14H11N3O2/c1-9(18)16-11-4-2-10(3-5-11)14-17-12-8-15-7-6-13(12)19-14/h2-8H,1H3,(H,16,18). The van der Waals surface area contributed by atoms with Gasteiger partial charge in [0.1, 0.15) is 5.52 Å². The molecule has 2 aromatic heterocycles. The number of hydrogen-bond acceptors (Lipinski definition) is 4. The Hall–Kier alpha value is -2.69. The summed E-state index contributed by atoms with van der Waals surface area (Å²) in [6.07, 6.45) is 3.32. The topological polar surface area (TPSA) is 68.0 Å². The summed E-state index contributed by atoms with van der Waals surface area (Å²) in [4.78, 5) is 19.3. The van der Waals surface area contributed by atoms with Crippen LogP contribution in [0, 0.1) is 0 Å². The van der Waals surface area contributed by atoms with Crippen LogP contribution in [0.4, 0.5) is 5.69 Å². The highest BCUT2D eigenvalue weighted by molar-refractivity contribution is 5.88. The van der Waals surface area contributed by atoms with Crippen molar-refractivity contribution in [3.05, 3.63) is 42.7 Å². The van der Waals surface area contributed by atoms with Gasteiger partial charge in [-0.2, -0.15) is 0 Å². The van der Waals surface area contributed by atoms with Gasteiger partial charge >= 0.3 is 0 Å². The maximum absolute atomic E-state index is 10.9. The normalized spacial score (nSPS) is 10.6. The molecule has 3 aromatic rings. The Kier molecular flexibility index (Phi) is 2.72. The van der Waals surface area contributed by atoms with Gasteiger partial charge in [-0.15, -0.1) is 0 Å². The fourth-order valence-electron chi connectivity index (χ4n) is 1.80. The number of nitrogens with zero attached hydrogens (tertiary/aromatic N) is 2. The average Bonchev–Trinajstić information content (AvgIpc) is 2.82. The summed E-state index contributed by atoms with van der Waals surface area (Å²) < 4.78 is 5.64. The molecule has 1 amide bonds. The second-order valence-electron chi connectivity index (χ2n) is 4.12. The average molecular weight is 253 g/mol. The molecule has 1 aromatic carbocycles. The SMILES string of the molecule is CC(=O)Nc1ccc(-c2nc3cnccc3o2)cc1. The second kappa shape index (κ2) is 4.53. The fourth-order valence-corrected chi connectivity index (χ4v) is 1.80. The molecule has 0 fully saturated rings. The molecule has 0 unspecified atom stereocenters. The smallest absolute Gasteiger partial charge is 0.227 e. The fraction of sp³-hybridized carbons (Fsp3) is 0.0714. The molecule has 2 heterocycles. The number of anilines is 1. The molecule has 0 aliphatic rings. The molecule has 3 rings (SSSR count). The lowest BCUT2D eigenvalue weighted by Crippen LogP contribution is -2.05. The first kappa shape index (κ1) is 11.4. The minimum absolute atomic E-state index is 0.0966. The minimum Gasteiger partial charge on any atom is -0.436 e. The number of amides is 1. The van der Waals surface area contributed by atoms with Gasteiger partial charge in [0.25, 0.3) is 0 Å². The predicted octanol–water partition coefficient (Wildman–Crippen LogP) is 2.85. The van der Waals surface area contributed by atoms with Crippen LogP contribution in [0.1, 0.15) is 6.92 Å². The monoisotopic (exact) mass is 253 g/mol. The van der Waals surface area contributed by atoms with Crippen molar-refractivity contribution in [1.29, 1.82) is 0 Å². The van der Waals surface area contributed by atoms with Crippen LogP contribution in [-0.2, 0) is 4.79 Å². The van der Waals surface area contributed by atoms with E-state index < -0.39 is 0 Å². The second-order valence-corrected chi connectivity index (χ2v) is 4.12. The van der Waals surface area contributed by atoms with Gasteiger partial charge in [-0.05, 0) is 24.3 Å². The number of benzene rings is 1. The number of pyridine rings is 1. The van der Waals surface area contributed by atoms with Crippen LogP contribution in [0.2, 0.25) is 0 Å². The highest BCUT2D eigenvalue weighted by atomic mass is 16.3. The summed E-state index contributed by atoms with van der Waals surface area (Å²) in [6.45, 7) is 1.47. The van der Waals surface area contributed by atoms with Crippen molar-refractivity contribution in [2.45, 2.75) is 6.92 Å². The number of rotatable bonds is 2. The molecule has 0 bridgehead atoms. The van der Waals surface area contributed by atoms with Crippen molar-refractivity contribution in [2.24, 2.45) is 0 Å². The largest absolute Gasteiger partial charge is 0.436 e. The summed E-state index contributed by atoms with van der Waals surface area (Å²) in [5.74, 6) is 0.443. The molecule has 0 radical (unpaired) electrons. The number of fused-ring (bicyclic) bond motifs is 1. The Morgan fingerprint density at radius 3 is 2.68 bits per heavy atom. The van der Waals surface area contributed by atoms with E-state index in [0.717, 1.165) is 16.8 Å². The van der Waals surface area contributed by atoms with Gasteiger partial charge < -0.3 is 9.73 Å². The maximum Gasteiger partial charge on any atom is 0.227 e. The summed E-state index contributed by atoms with van der Waals surface area (Å²) >= 11 is 0. The number of carbonyl (C=O) groups is 1. The molecule has 0 aliphatic carbocycles. The Balaban J connectivity index is 1.95. The van der Waals surface area contributed by atoms with Crippen LogP contribution in [-0.4, -0.2) is 15.9 Å². The van der Waals surface area contributed by atoms with E-state index in [1.807, 2.05) is 24.3 Å². The van der Waals surface area contributed by atoms with Gasteiger partial charge in [0.15, 0.2) is 5.58 Å². The molecule has 94 valence electrons. The number of carbonyl (C=O) groups excluding carboxylic acids is 1. The molecule has 0 saturated heterocycles. The van der Waals surface area contributed by atoms with Gasteiger partial charge in [-0.3, -0.25) is 9.78 Å². The quantitative estimate of drug-likeness (QED) is 0.762. The van der Waals surface area contributed by atoms with Crippen LogP contribution < -0.4 is 5.32 Å². The van der Waals surface area contributed by atoms with Crippen molar-refractivity contribution in [2.75, 3.05) is 5.32 Å². The van der Waals surface area contributed by atoms with E-state index in [1.165, 1.54) is 6.92 Å². The lowest BCUT2D eigenvalue weighted by molar-refractivity contribution is -0.114. The van der Waals surface area contributed by atoms with Gasteiger partial charge in [-0.1, -0.05) is 0 Å². The third kappa shape index (κ3) is 2.30. The lowest BCUT2D eigenvalue weighted by Gasteiger charge is -2.01. The van der Waals surface area contributed by atoms with Crippen molar-refractivity contribution in [3.8, 4) is 11.5 Å². The van der Waals surface area contributed by atoms with Crippen LogP contribution in [0.5, 0.6) is 0 Å². The van der Waals surface area contributed by atoms with Crippen molar-refractivity contribution in [3.63, 3.8) is 0 Å². The highest BCUT2D eigenvalue weighted by Gasteiger charge is 2.07. The van der Waals surface area contributed by atoms with Crippen molar-refractivity contribution >= 4 is 22.7 Å². The molecule has 0 saturated carbocycles. The third-order valence-electron chi connectivity index (χ3n) is 2.64. The maximum atomic E-state index is 10.9. The molecule has 19 heavy (non-hydrogen) atoms. The van der Waals surface area contributed by atoms with E-state index >= 15 is 0 Å². The van der Waals surface area contributed by atoms with Crippen molar-refractivity contribution < 1.29 is 9.21 Å². The van der Waals surface area contributed by atoms with E-state index in [1.54, 1.807) is 18.5 Å². The third-order valence-corrected chi connectivity index (χ3v) is 2.64. The molecular formula is C14H11N3O2. The van der Waals surface area contributed by atoms with Crippen molar-refractivity contribution in [1.82, 2.24) is 9.97 Å². The van der Waals surface area contributed by atoms with E-state index in [0.29, 0.717) is 11.5 Å². The van der Waals surface area contributed by atoms with Gasteiger partial charge in [0, 0.05) is 30.4 Å². The van der Waals surface area contributed by atoms with E-state index in [9.17, 15) is 4.79 Å².